The zero-order chi connectivity index (χ0) is 35.3. The third-order valence-electron chi connectivity index (χ3n) is 10.1. The van der Waals surface area contributed by atoms with E-state index in [9.17, 15) is 15.0 Å². The monoisotopic (exact) mass is 694 g/mol. The highest BCUT2D eigenvalue weighted by atomic mass is 16.5. The van der Waals surface area contributed by atoms with Gasteiger partial charge in [-0.25, -0.2) is 4.79 Å². The normalized spacial score (nSPS) is 17.7. The summed E-state index contributed by atoms with van der Waals surface area (Å²) in [5, 5.41) is 35.1. The molecule has 0 atom stereocenters. The lowest BCUT2D eigenvalue weighted by Crippen LogP contribution is -2.89. The predicted octanol–water partition coefficient (Wildman–Crippen LogP) is 2.89. The Balaban J connectivity index is 0.981. The fourth-order valence-corrected chi connectivity index (χ4v) is 7.14. The first-order valence-corrected chi connectivity index (χ1v) is 17.7. The minimum absolute atomic E-state index is 0.0295. The van der Waals surface area contributed by atoms with E-state index in [-0.39, 0.29) is 17.7 Å². The molecule has 51 heavy (non-hydrogen) atoms. The largest absolute Gasteiger partial charge is 0.476 e. The first-order chi connectivity index (χ1) is 24.8. The number of nitrogens with one attached hydrogen (secondary N) is 1. The van der Waals surface area contributed by atoms with Crippen molar-refractivity contribution in [2.45, 2.75) is 57.7 Å². The van der Waals surface area contributed by atoms with Crippen molar-refractivity contribution in [1.29, 1.82) is 5.41 Å². The fraction of sp³-hybridized carbons (Fsp3) is 0.432. The second-order valence-corrected chi connectivity index (χ2v) is 13.4. The van der Waals surface area contributed by atoms with Gasteiger partial charge in [-0.15, -0.1) is 10.2 Å². The average Bonchev–Trinajstić information content (AvgIpc) is 3.64. The number of carboxylic acid groups (broad SMARTS) is 1. The molecule has 14 heteroatoms. The van der Waals surface area contributed by atoms with Gasteiger partial charge in [-0.1, -0.05) is 18.2 Å². The Morgan fingerprint density at radius 1 is 1.06 bits per heavy atom. The van der Waals surface area contributed by atoms with Gasteiger partial charge in [0.25, 0.3) is 0 Å². The summed E-state index contributed by atoms with van der Waals surface area (Å²) in [6, 6.07) is 11.7. The van der Waals surface area contributed by atoms with Crippen LogP contribution in [-0.2, 0) is 20.8 Å². The highest BCUT2D eigenvalue weighted by molar-refractivity contribution is 6.18. The second-order valence-electron chi connectivity index (χ2n) is 13.4. The van der Waals surface area contributed by atoms with Crippen molar-refractivity contribution >= 4 is 34.2 Å². The quantitative estimate of drug-likeness (QED) is 0.198. The van der Waals surface area contributed by atoms with Crippen LogP contribution in [0.3, 0.4) is 0 Å². The number of benzene rings is 1. The van der Waals surface area contributed by atoms with E-state index in [4.69, 9.17) is 19.6 Å². The zero-order valence-electron chi connectivity index (χ0n) is 28.8. The molecule has 3 aliphatic rings. The summed E-state index contributed by atoms with van der Waals surface area (Å²) < 4.78 is 13.6. The molecule has 0 spiro atoms. The number of nitrogens with zero attached hydrogens (tertiary/aromatic N) is 7. The zero-order valence-corrected chi connectivity index (χ0v) is 28.8. The number of fused-ring (bicyclic) bond motifs is 1. The molecule has 3 aliphatic heterocycles. The van der Waals surface area contributed by atoms with Gasteiger partial charge in [0.1, 0.15) is 5.70 Å². The summed E-state index contributed by atoms with van der Waals surface area (Å²) in [4.78, 5) is 32.1. The highest BCUT2D eigenvalue weighted by Gasteiger charge is 2.30. The first-order valence-electron chi connectivity index (χ1n) is 17.7. The van der Waals surface area contributed by atoms with Crippen LogP contribution in [0.1, 0.15) is 55.1 Å². The van der Waals surface area contributed by atoms with Crippen LogP contribution in [0.2, 0.25) is 0 Å². The number of hydrogen-bond donors (Lipinski definition) is 3. The van der Waals surface area contributed by atoms with E-state index >= 15 is 0 Å². The van der Waals surface area contributed by atoms with E-state index in [2.05, 4.69) is 25.5 Å². The van der Waals surface area contributed by atoms with Crippen LogP contribution in [0.4, 0.5) is 5.82 Å². The molecule has 0 radical (unpaired) electrons. The number of aromatic nitrogens is 5. The van der Waals surface area contributed by atoms with Gasteiger partial charge in [0, 0.05) is 74.7 Å². The smallest absolute Gasteiger partial charge is 0.356 e. The van der Waals surface area contributed by atoms with Crippen molar-refractivity contribution in [2.75, 3.05) is 50.9 Å². The molecular formula is C37H44N9O5+. The minimum atomic E-state index is -1.09. The van der Waals surface area contributed by atoms with Gasteiger partial charge in [0.2, 0.25) is 5.91 Å². The van der Waals surface area contributed by atoms with Gasteiger partial charge < -0.3 is 29.7 Å². The molecule has 4 aromatic rings. The molecule has 2 saturated heterocycles. The van der Waals surface area contributed by atoms with Gasteiger partial charge in [0.05, 0.1) is 68.2 Å². The summed E-state index contributed by atoms with van der Waals surface area (Å²) in [7, 11) is 0. The molecule has 3 aromatic heterocycles. The summed E-state index contributed by atoms with van der Waals surface area (Å²) in [5.41, 5.74) is 4.99. The summed E-state index contributed by atoms with van der Waals surface area (Å²) in [6.07, 6.45) is 10.2. The van der Waals surface area contributed by atoms with Crippen LogP contribution in [0.5, 0.6) is 0 Å². The van der Waals surface area contributed by atoms with Crippen molar-refractivity contribution in [2.24, 2.45) is 0 Å². The molecular weight excluding hydrogens is 650 g/mol. The number of carbonyl (C=O) groups is 2. The third kappa shape index (κ3) is 7.98. The van der Waals surface area contributed by atoms with E-state index in [0.717, 1.165) is 91.6 Å². The number of ether oxygens (including phenoxy) is 2. The Labute approximate surface area is 296 Å². The Kier molecular flexibility index (Phi) is 10.4. The molecule has 0 bridgehead atoms. The van der Waals surface area contributed by atoms with Gasteiger partial charge in [-0.05, 0) is 36.4 Å². The van der Waals surface area contributed by atoms with Crippen LogP contribution in [0.15, 0.2) is 66.3 Å². The number of nitrogens with two attached hydrogens (primary N) is 1. The number of carbonyl (C=O) groups excluding carboxylic acids is 1. The van der Waals surface area contributed by atoms with Crippen molar-refractivity contribution in [3.05, 3.63) is 77.5 Å². The number of pyridine rings is 1. The maximum atomic E-state index is 12.4. The van der Waals surface area contributed by atoms with Gasteiger partial charge >= 0.3 is 5.97 Å². The number of carboxylic acids is 1. The van der Waals surface area contributed by atoms with E-state index < -0.39 is 5.97 Å². The summed E-state index contributed by atoms with van der Waals surface area (Å²) in [6.45, 7) is 6.89. The topological polar surface area (TPSA) is 176 Å². The average molecular weight is 695 g/mol. The van der Waals surface area contributed by atoms with Crippen molar-refractivity contribution < 1.29 is 29.5 Å². The van der Waals surface area contributed by atoms with E-state index in [1.54, 1.807) is 13.0 Å². The van der Waals surface area contributed by atoms with Crippen LogP contribution in [-0.4, -0.2) is 111 Å². The Hall–Kier alpha value is -5.05. The molecule has 2 fully saturated rings. The van der Waals surface area contributed by atoms with Crippen LogP contribution < -0.4 is 10.2 Å². The predicted molar refractivity (Wildman–Crippen MR) is 190 cm³/mol. The number of aromatic carboxylic acids is 1. The minimum Gasteiger partial charge on any atom is -0.476 e. The number of amides is 1. The number of anilines is 1. The lowest BCUT2D eigenvalue weighted by molar-refractivity contribution is -0.651. The number of piperidine rings is 1. The van der Waals surface area contributed by atoms with E-state index in [1.165, 1.54) is 11.8 Å². The lowest BCUT2D eigenvalue weighted by atomic mass is 9.92. The van der Waals surface area contributed by atoms with E-state index in [0.29, 0.717) is 43.8 Å². The summed E-state index contributed by atoms with van der Waals surface area (Å²) >= 11 is 0. The Morgan fingerprint density at radius 3 is 2.63 bits per heavy atom. The number of rotatable bonds is 11. The molecule has 14 nitrogen and oxygen atoms in total. The first kappa shape index (κ1) is 34.4. The van der Waals surface area contributed by atoms with Crippen LogP contribution in [0, 0.1) is 5.41 Å². The third-order valence-corrected chi connectivity index (χ3v) is 10.1. The standard InChI is InChI=1S/C37H43N9O5/c1-24(47)45-14-9-32(41-27-10-16-50-17-11-27)31(23-45)36(38)29-4-2-3-25-19-34(39-21-30(25)29)26-20-40-46(22-26)15-18-51-28-7-12-44(13-8-28)35-6-5-33(37(48)49)42-43-35/h2-6,19-22,27-28,38,41H,7-18,23H2,1H3,(H,48,49)/p+1. The van der Waals surface area contributed by atoms with Gasteiger partial charge in [0.15, 0.2) is 11.5 Å². The summed E-state index contributed by atoms with van der Waals surface area (Å²) in [5.74, 6) is -0.380. The van der Waals surface area contributed by atoms with Gasteiger partial charge in [-0.3, -0.25) is 19.9 Å². The van der Waals surface area contributed by atoms with Crippen molar-refractivity contribution in [1.82, 2.24) is 29.9 Å². The maximum Gasteiger partial charge on any atom is 0.356 e. The van der Waals surface area contributed by atoms with Gasteiger partial charge in [-0.2, -0.15) is 5.10 Å². The van der Waals surface area contributed by atoms with Crippen molar-refractivity contribution in [3.8, 4) is 11.3 Å². The SMILES string of the molecule is CC(=O)N1CCC([NH2+]C2CCOCC2)=C(C(=N)c2cccc3cc(-c4cnn(CCOC5CCN(c6ccc(C(=O)O)nn6)CC5)c4)ncc23)C1. The maximum absolute atomic E-state index is 12.4. The molecule has 0 unspecified atom stereocenters. The molecule has 1 aromatic carbocycles. The fourth-order valence-electron chi connectivity index (χ4n) is 7.14. The molecule has 6 heterocycles. The highest BCUT2D eigenvalue weighted by Crippen LogP contribution is 2.28. The molecule has 266 valence electrons. The Morgan fingerprint density at radius 2 is 1.88 bits per heavy atom. The lowest BCUT2D eigenvalue weighted by Gasteiger charge is -2.32. The number of hydrogen-bond acceptors (Lipinski definition) is 10. The van der Waals surface area contributed by atoms with Crippen molar-refractivity contribution in [3.63, 3.8) is 0 Å². The molecule has 0 aliphatic carbocycles. The Bertz CT molecular complexity index is 1930. The molecule has 7 rings (SSSR count). The molecule has 1 amide bonds. The second kappa shape index (κ2) is 15.5. The molecule has 4 N–H and O–H groups in total. The van der Waals surface area contributed by atoms with Crippen LogP contribution >= 0.6 is 0 Å². The van der Waals surface area contributed by atoms with E-state index in [1.807, 2.05) is 52.4 Å². The van der Waals surface area contributed by atoms with Crippen LogP contribution in [0.25, 0.3) is 22.0 Å². The molecule has 0 saturated carbocycles. The number of quaternary nitrogens is 1.